The Morgan fingerprint density at radius 2 is 1.65 bits per heavy atom. The fraction of sp³-hybridized carbons (Fsp3) is 0.517. The number of hydrogen-bond acceptors (Lipinski definition) is 11. The number of ether oxygens (including phenoxy) is 1. The Balaban J connectivity index is 0.669. The zero-order chi connectivity index (χ0) is 51.5. The third-order valence-corrected chi connectivity index (χ3v) is 18.6. The molecule has 3 N–H and O–H groups in total. The number of hydrogen-bond donors (Lipinski definition) is 3. The number of piperidine rings is 1. The van der Waals surface area contributed by atoms with Crippen LogP contribution in [0.3, 0.4) is 0 Å². The number of piperazine rings is 1. The Labute approximate surface area is 444 Å². The Morgan fingerprint density at radius 1 is 0.892 bits per heavy atom. The molecule has 5 fully saturated rings. The van der Waals surface area contributed by atoms with E-state index in [4.69, 9.17) is 26.3 Å². The summed E-state index contributed by atoms with van der Waals surface area (Å²) in [6, 6.07) is 19.8. The molecule has 14 nitrogen and oxygen atoms in total. The molecule has 3 saturated heterocycles. The van der Waals surface area contributed by atoms with Crippen LogP contribution < -0.4 is 25.6 Å². The van der Waals surface area contributed by atoms with Crippen molar-refractivity contribution in [3.05, 3.63) is 98.5 Å². The molecule has 5 aliphatic rings. The maximum atomic E-state index is 14.0. The number of benzene rings is 3. The van der Waals surface area contributed by atoms with Gasteiger partial charge in [-0.25, -0.2) is 14.8 Å². The second-order valence-electron chi connectivity index (χ2n) is 21.7. The number of methoxy groups -OCH3 is 1. The minimum absolute atomic E-state index is 0.0360. The predicted molar refractivity (Wildman–Crippen MR) is 294 cm³/mol. The van der Waals surface area contributed by atoms with Gasteiger partial charge in [-0.15, -0.1) is 11.3 Å². The number of fused-ring (bicyclic) bond motifs is 1. The number of carbonyl (C=O) groups excluding carboxylic acids is 4. The SMILES string of the molecule is CNCc1ccccc1-c1csc([C@@H](C)Nc2nc(C)nc3cc(OC)c(C4CCC(C(=O)N5CCN(CCC6CCC7(CC6)CCN(C(=O)c6ccc(Cl)c(N8CCC(=O)NC8=O)c6)CC7)CC5)CC4)cc23)c1. The number of halogens is 1. The molecule has 5 aromatic rings. The van der Waals surface area contributed by atoms with Crippen LogP contribution in [0.5, 0.6) is 5.75 Å². The molecule has 2 saturated carbocycles. The first kappa shape index (κ1) is 51.9. The highest BCUT2D eigenvalue weighted by molar-refractivity contribution is 7.10. The lowest BCUT2D eigenvalue weighted by atomic mass is 9.65. The van der Waals surface area contributed by atoms with Crippen molar-refractivity contribution in [2.24, 2.45) is 17.3 Å². The number of nitrogens with zero attached hydrogens (tertiary/aromatic N) is 6. The molecular formula is C58H72ClN9O5S. The number of aromatic nitrogens is 2. The number of likely N-dealkylation sites (tertiary alicyclic amines) is 1. The quantitative estimate of drug-likeness (QED) is 0.0980. The predicted octanol–water partition coefficient (Wildman–Crippen LogP) is 10.6. The van der Waals surface area contributed by atoms with Gasteiger partial charge in [0.1, 0.15) is 17.4 Å². The molecule has 3 aromatic carbocycles. The third kappa shape index (κ3) is 11.3. The molecule has 0 bridgehead atoms. The molecule has 2 aromatic heterocycles. The molecule has 74 heavy (non-hydrogen) atoms. The summed E-state index contributed by atoms with van der Waals surface area (Å²) in [4.78, 5) is 71.0. The molecule has 2 aliphatic carbocycles. The molecule has 5 amide bonds. The van der Waals surface area contributed by atoms with Crippen molar-refractivity contribution in [2.45, 2.75) is 109 Å². The fourth-order valence-corrected chi connectivity index (χ4v) is 13.7. The molecule has 5 heterocycles. The summed E-state index contributed by atoms with van der Waals surface area (Å²) in [6.45, 7) is 11.2. The van der Waals surface area contributed by atoms with Crippen molar-refractivity contribution in [3.63, 3.8) is 0 Å². The highest BCUT2D eigenvalue weighted by atomic mass is 35.5. The summed E-state index contributed by atoms with van der Waals surface area (Å²) in [6.07, 6.45) is 11.9. The summed E-state index contributed by atoms with van der Waals surface area (Å²) in [5, 5.41) is 13.0. The van der Waals surface area contributed by atoms with Gasteiger partial charge in [0.05, 0.1) is 29.4 Å². The average Bonchev–Trinajstić information content (AvgIpc) is 3.92. The summed E-state index contributed by atoms with van der Waals surface area (Å²) < 4.78 is 6.03. The number of urea groups is 1. The van der Waals surface area contributed by atoms with Gasteiger partial charge >= 0.3 is 6.03 Å². The highest BCUT2D eigenvalue weighted by Crippen LogP contribution is 2.48. The van der Waals surface area contributed by atoms with Gasteiger partial charge in [0.2, 0.25) is 11.8 Å². The molecule has 392 valence electrons. The van der Waals surface area contributed by atoms with Crippen LogP contribution in [0.25, 0.3) is 22.0 Å². The van der Waals surface area contributed by atoms with E-state index < -0.39 is 6.03 Å². The van der Waals surface area contributed by atoms with Gasteiger partial charge < -0.3 is 25.2 Å². The molecule has 0 unspecified atom stereocenters. The number of imide groups is 1. The van der Waals surface area contributed by atoms with Crippen LogP contribution in [0.4, 0.5) is 16.3 Å². The zero-order valence-corrected chi connectivity index (χ0v) is 45.1. The van der Waals surface area contributed by atoms with Crippen LogP contribution in [-0.4, -0.2) is 115 Å². The van der Waals surface area contributed by atoms with Crippen molar-refractivity contribution in [2.75, 3.05) is 76.7 Å². The molecule has 1 spiro atoms. The largest absolute Gasteiger partial charge is 0.496 e. The lowest BCUT2D eigenvalue weighted by molar-refractivity contribution is -0.138. The second-order valence-corrected chi connectivity index (χ2v) is 23.0. The lowest BCUT2D eigenvalue weighted by Gasteiger charge is -2.46. The van der Waals surface area contributed by atoms with E-state index in [-0.39, 0.29) is 42.7 Å². The molecular weight excluding hydrogens is 970 g/mol. The first-order chi connectivity index (χ1) is 35.9. The Kier molecular flexibility index (Phi) is 15.9. The van der Waals surface area contributed by atoms with Crippen LogP contribution in [0.2, 0.25) is 5.02 Å². The van der Waals surface area contributed by atoms with E-state index in [1.54, 1.807) is 36.6 Å². The molecule has 16 heteroatoms. The van der Waals surface area contributed by atoms with E-state index in [2.05, 4.69) is 80.5 Å². The van der Waals surface area contributed by atoms with E-state index in [0.717, 1.165) is 113 Å². The van der Waals surface area contributed by atoms with E-state index >= 15 is 0 Å². The van der Waals surface area contributed by atoms with Crippen molar-refractivity contribution >= 4 is 69.1 Å². The van der Waals surface area contributed by atoms with Gasteiger partial charge in [-0.3, -0.25) is 29.5 Å². The third-order valence-electron chi connectivity index (χ3n) is 17.1. The van der Waals surface area contributed by atoms with Gasteiger partial charge in [-0.05, 0) is 173 Å². The van der Waals surface area contributed by atoms with Crippen molar-refractivity contribution in [1.29, 1.82) is 0 Å². The van der Waals surface area contributed by atoms with E-state index in [0.29, 0.717) is 39.3 Å². The first-order valence-corrected chi connectivity index (χ1v) is 28.3. The van der Waals surface area contributed by atoms with Crippen molar-refractivity contribution < 1.29 is 23.9 Å². The van der Waals surface area contributed by atoms with E-state index in [1.807, 2.05) is 18.9 Å². The molecule has 10 rings (SSSR count). The number of amides is 5. The highest BCUT2D eigenvalue weighted by Gasteiger charge is 2.40. The summed E-state index contributed by atoms with van der Waals surface area (Å²) >= 11 is 8.23. The first-order valence-electron chi connectivity index (χ1n) is 27.0. The standard InChI is InChI=1S/C58H72ClN9O5S/c1-37(52-32-44(36-74-52)45-8-6-5-7-43(45)35-60-3)61-54-47-33-46(51(73-4)34-49(47)62-38(2)63-54)40-9-11-41(12-10-40)55(70)67-29-27-65(28-30-67)23-17-39-15-19-58(20-16-39)21-25-66(26-22-58)56(71)42-13-14-48(59)50(31-42)68-24-18-53(69)64-57(68)72/h5-8,13-14,31-34,36-37,39-41,60H,9-12,15-30,35H2,1-4H3,(H,61,62,63)(H,64,69,72)/t37-,40?,41?/m1/s1. The van der Waals surface area contributed by atoms with Crippen molar-refractivity contribution in [1.82, 2.24) is 35.3 Å². The van der Waals surface area contributed by atoms with Crippen LogP contribution in [0.1, 0.15) is 128 Å². The summed E-state index contributed by atoms with van der Waals surface area (Å²) in [5.74, 6) is 3.42. The smallest absolute Gasteiger partial charge is 0.328 e. The minimum atomic E-state index is -0.518. The van der Waals surface area contributed by atoms with E-state index in [1.165, 1.54) is 64.1 Å². The van der Waals surface area contributed by atoms with Gasteiger partial charge in [-0.2, -0.15) is 0 Å². The fourth-order valence-electron chi connectivity index (χ4n) is 12.6. The molecule has 1 atom stereocenters. The maximum absolute atomic E-state index is 14.0. The lowest BCUT2D eigenvalue weighted by Crippen LogP contribution is -2.51. The minimum Gasteiger partial charge on any atom is -0.496 e. The maximum Gasteiger partial charge on any atom is 0.328 e. The Hall–Kier alpha value is -5.61. The normalized spacial score (nSPS) is 21.2. The average molecular weight is 1040 g/mol. The topological polar surface area (TPSA) is 152 Å². The Morgan fingerprint density at radius 3 is 2.38 bits per heavy atom. The molecule has 0 radical (unpaired) electrons. The zero-order valence-electron chi connectivity index (χ0n) is 43.5. The monoisotopic (exact) mass is 1040 g/mol. The summed E-state index contributed by atoms with van der Waals surface area (Å²) in [5.41, 5.74) is 7.05. The van der Waals surface area contributed by atoms with E-state index in [9.17, 15) is 19.2 Å². The van der Waals surface area contributed by atoms with Crippen LogP contribution in [0.15, 0.2) is 66.0 Å². The van der Waals surface area contributed by atoms with Crippen molar-refractivity contribution in [3.8, 4) is 16.9 Å². The molecule has 3 aliphatic heterocycles. The Bertz CT molecular complexity index is 2860. The number of aryl methyl sites for hydroxylation is 1. The number of rotatable bonds is 14. The van der Waals surface area contributed by atoms with Gasteiger partial charge in [0.25, 0.3) is 5.91 Å². The summed E-state index contributed by atoms with van der Waals surface area (Å²) in [7, 11) is 3.73. The van der Waals surface area contributed by atoms with Gasteiger partial charge in [-0.1, -0.05) is 35.9 Å². The van der Waals surface area contributed by atoms with Gasteiger partial charge in [0, 0.05) is 86.6 Å². The van der Waals surface area contributed by atoms with Gasteiger partial charge in [0.15, 0.2) is 0 Å². The van der Waals surface area contributed by atoms with Crippen LogP contribution in [0, 0.1) is 24.2 Å². The number of nitrogens with one attached hydrogen (secondary N) is 3. The number of anilines is 2. The van der Waals surface area contributed by atoms with Crippen LogP contribution >= 0.6 is 22.9 Å². The number of thiophene rings is 1. The van der Waals surface area contributed by atoms with Crippen LogP contribution in [-0.2, 0) is 16.1 Å². The number of carbonyl (C=O) groups is 4. The second kappa shape index (κ2) is 22.7.